The molecule has 2 aliphatic rings. The molecule has 1 aliphatic carbocycles. The van der Waals surface area contributed by atoms with E-state index in [9.17, 15) is 23.5 Å². The van der Waals surface area contributed by atoms with Gasteiger partial charge in [0.2, 0.25) is 0 Å². The highest BCUT2D eigenvalue weighted by molar-refractivity contribution is 6.12. The third kappa shape index (κ3) is 5.52. The molecule has 0 saturated heterocycles. The first-order valence-corrected chi connectivity index (χ1v) is 14.2. The number of anilines is 2. The standard InChI is InChI=1S/C35H28F4N2O4/c1-34(2)18-26-30(29(43)19-34)32(22-16-15-21(17-25(22)37)45-35(38,39)20-9-4-3-5-10-20)41(27-13-8-14-28(42)31(27)40-26)33(44)23-11-6-7-12-24(23)36/h3-17,32,40,42H,18-19H2,1-2H3/t32-/m0/s1. The molecule has 0 unspecified atom stereocenters. The minimum atomic E-state index is -3.79. The molecule has 0 aromatic heterocycles. The van der Waals surface area contributed by atoms with Crippen molar-refractivity contribution in [2.75, 3.05) is 10.2 Å². The summed E-state index contributed by atoms with van der Waals surface area (Å²) in [6, 6.07) is 17.9. The van der Waals surface area contributed by atoms with E-state index in [0.29, 0.717) is 12.1 Å². The van der Waals surface area contributed by atoms with Gasteiger partial charge >= 0.3 is 6.11 Å². The molecular formula is C35H28F4N2O4. The average Bonchev–Trinajstić information content (AvgIpc) is 3.12. The molecule has 0 spiro atoms. The molecule has 1 heterocycles. The second-order valence-corrected chi connectivity index (χ2v) is 11.9. The van der Waals surface area contributed by atoms with E-state index in [1.54, 1.807) is 6.07 Å². The van der Waals surface area contributed by atoms with E-state index in [1.165, 1.54) is 66.7 Å². The Morgan fingerprint density at radius 2 is 1.64 bits per heavy atom. The highest BCUT2D eigenvalue weighted by Gasteiger charge is 2.45. The Labute approximate surface area is 256 Å². The van der Waals surface area contributed by atoms with Crippen LogP contribution in [0.1, 0.15) is 54.2 Å². The van der Waals surface area contributed by atoms with Gasteiger partial charge < -0.3 is 15.2 Å². The van der Waals surface area contributed by atoms with Crippen molar-refractivity contribution in [2.45, 2.75) is 38.8 Å². The predicted molar refractivity (Wildman–Crippen MR) is 160 cm³/mol. The molecule has 10 heteroatoms. The molecule has 1 atom stereocenters. The number of phenolic OH excluding ortho intramolecular Hbond substituents is 1. The van der Waals surface area contributed by atoms with Gasteiger partial charge in [-0.3, -0.25) is 14.5 Å². The number of Topliss-reactive ketones (excluding diaryl/α,β-unsaturated/α-hetero) is 1. The van der Waals surface area contributed by atoms with Gasteiger partial charge in [0, 0.05) is 29.3 Å². The van der Waals surface area contributed by atoms with Gasteiger partial charge in [0.05, 0.1) is 22.9 Å². The van der Waals surface area contributed by atoms with Crippen molar-refractivity contribution in [1.82, 2.24) is 0 Å². The van der Waals surface area contributed by atoms with Gasteiger partial charge in [-0.15, -0.1) is 0 Å². The Balaban J connectivity index is 1.55. The Kier molecular flexibility index (Phi) is 7.39. The summed E-state index contributed by atoms with van der Waals surface area (Å²) < 4.78 is 66.0. The lowest BCUT2D eigenvalue weighted by Crippen LogP contribution is -2.40. The van der Waals surface area contributed by atoms with Crippen LogP contribution in [0.5, 0.6) is 11.5 Å². The van der Waals surface area contributed by atoms with E-state index in [4.69, 9.17) is 4.74 Å². The zero-order valence-corrected chi connectivity index (χ0v) is 24.3. The fourth-order valence-corrected chi connectivity index (χ4v) is 5.96. The number of alkyl halides is 2. The summed E-state index contributed by atoms with van der Waals surface area (Å²) in [5.41, 5.74) is -1.01. The van der Waals surface area contributed by atoms with Crippen LogP contribution in [0.4, 0.5) is 28.9 Å². The molecular weight excluding hydrogens is 588 g/mol. The van der Waals surface area contributed by atoms with E-state index in [0.717, 1.165) is 23.1 Å². The molecule has 6 nitrogen and oxygen atoms in total. The summed E-state index contributed by atoms with van der Waals surface area (Å²) in [4.78, 5) is 29.2. The Hall–Kier alpha value is -5.12. The van der Waals surface area contributed by atoms with Crippen LogP contribution in [0.2, 0.25) is 0 Å². The number of carbonyl (C=O) groups excluding carboxylic acids is 2. The third-order valence-electron chi connectivity index (χ3n) is 7.95. The number of ketones is 1. The molecule has 4 aromatic carbocycles. The maximum absolute atomic E-state index is 16.2. The largest absolute Gasteiger partial charge is 0.506 e. The molecule has 1 amide bonds. The fourth-order valence-electron chi connectivity index (χ4n) is 5.96. The molecule has 45 heavy (non-hydrogen) atoms. The van der Waals surface area contributed by atoms with Gasteiger partial charge in [-0.05, 0) is 60.4 Å². The Morgan fingerprint density at radius 1 is 0.933 bits per heavy atom. The molecule has 0 radical (unpaired) electrons. The van der Waals surface area contributed by atoms with Crippen LogP contribution in [0.3, 0.4) is 0 Å². The first-order chi connectivity index (χ1) is 21.4. The van der Waals surface area contributed by atoms with Crippen molar-refractivity contribution in [1.29, 1.82) is 0 Å². The number of ether oxygens (including phenoxy) is 1. The van der Waals surface area contributed by atoms with Crippen LogP contribution >= 0.6 is 0 Å². The first-order valence-electron chi connectivity index (χ1n) is 14.2. The van der Waals surface area contributed by atoms with E-state index in [1.807, 2.05) is 13.8 Å². The van der Waals surface area contributed by atoms with Crippen LogP contribution < -0.4 is 15.0 Å². The van der Waals surface area contributed by atoms with Gasteiger partial charge in [0.1, 0.15) is 28.8 Å². The molecule has 0 saturated carbocycles. The maximum Gasteiger partial charge on any atom is 0.426 e. The number of fused-ring (bicyclic) bond motifs is 1. The average molecular weight is 617 g/mol. The molecule has 4 aromatic rings. The number of nitrogens with one attached hydrogen (secondary N) is 1. The Morgan fingerprint density at radius 3 is 2.36 bits per heavy atom. The van der Waals surface area contributed by atoms with Crippen LogP contribution in [0, 0.1) is 17.0 Å². The number of halogens is 4. The second kappa shape index (κ2) is 11.1. The Bertz CT molecular complexity index is 1860. The molecule has 1 aliphatic heterocycles. The highest BCUT2D eigenvalue weighted by Crippen LogP contribution is 2.51. The van der Waals surface area contributed by atoms with Crippen molar-refractivity contribution in [2.24, 2.45) is 5.41 Å². The van der Waals surface area contributed by atoms with Crippen molar-refractivity contribution in [3.8, 4) is 11.5 Å². The third-order valence-corrected chi connectivity index (χ3v) is 7.95. The van der Waals surface area contributed by atoms with Crippen molar-refractivity contribution >= 4 is 23.1 Å². The number of nitrogens with zero attached hydrogens (tertiary/aromatic N) is 1. The summed E-state index contributed by atoms with van der Waals surface area (Å²) >= 11 is 0. The lowest BCUT2D eigenvalue weighted by Gasteiger charge is -2.37. The van der Waals surface area contributed by atoms with E-state index >= 15 is 8.78 Å². The molecule has 0 bridgehead atoms. The molecule has 0 fully saturated rings. The normalized spacial score (nSPS) is 17.6. The summed E-state index contributed by atoms with van der Waals surface area (Å²) in [5.74, 6) is -3.94. The number of allylic oxidation sites excluding steroid dienone is 1. The zero-order chi connectivity index (χ0) is 32.1. The molecule has 6 rings (SSSR count). The number of phenols is 1. The summed E-state index contributed by atoms with van der Waals surface area (Å²) in [6.45, 7) is 3.76. The number of amides is 1. The number of benzene rings is 4. The van der Waals surface area contributed by atoms with Crippen molar-refractivity contribution < 1.29 is 37.0 Å². The van der Waals surface area contributed by atoms with Gasteiger partial charge in [0.15, 0.2) is 5.78 Å². The quantitative estimate of drug-likeness (QED) is 0.174. The topological polar surface area (TPSA) is 78.9 Å². The zero-order valence-electron chi connectivity index (χ0n) is 24.3. The van der Waals surface area contributed by atoms with Crippen LogP contribution in [-0.2, 0) is 10.9 Å². The van der Waals surface area contributed by atoms with Crippen LogP contribution in [0.25, 0.3) is 0 Å². The monoisotopic (exact) mass is 616 g/mol. The number of carbonyl (C=O) groups is 2. The van der Waals surface area contributed by atoms with Gasteiger partial charge in [-0.2, -0.15) is 8.78 Å². The summed E-state index contributed by atoms with van der Waals surface area (Å²) in [6.07, 6.45) is -3.43. The smallest absolute Gasteiger partial charge is 0.426 e. The van der Waals surface area contributed by atoms with Gasteiger partial charge in [-0.1, -0.05) is 50.2 Å². The SMILES string of the molecule is CC1(C)CC(=O)C2=C(C1)Nc1c(O)cccc1N(C(=O)c1ccccc1F)[C@H]2c1ccc(OC(F)(F)c2ccccc2)cc1F. The summed E-state index contributed by atoms with van der Waals surface area (Å²) in [7, 11) is 0. The number of hydrogen-bond donors (Lipinski definition) is 2. The number of aromatic hydroxyl groups is 1. The molecule has 2 N–H and O–H groups in total. The second-order valence-electron chi connectivity index (χ2n) is 11.9. The van der Waals surface area contributed by atoms with Crippen molar-refractivity contribution in [3.05, 3.63) is 131 Å². The van der Waals surface area contributed by atoms with Gasteiger partial charge in [-0.25, -0.2) is 8.78 Å². The highest BCUT2D eigenvalue weighted by atomic mass is 19.3. The van der Waals surface area contributed by atoms with E-state index in [2.05, 4.69) is 5.32 Å². The fraction of sp³-hybridized carbons (Fsp3) is 0.200. The van der Waals surface area contributed by atoms with E-state index < -0.39 is 52.2 Å². The van der Waals surface area contributed by atoms with E-state index in [-0.39, 0.29) is 40.2 Å². The summed E-state index contributed by atoms with van der Waals surface area (Å²) in [5, 5.41) is 14.0. The number of hydrogen-bond acceptors (Lipinski definition) is 5. The predicted octanol–water partition coefficient (Wildman–Crippen LogP) is 8.26. The molecule has 230 valence electrons. The van der Waals surface area contributed by atoms with Crippen LogP contribution in [0.15, 0.2) is 102 Å². The van der Waals surface area contributed by atoms with Gasteiger partial charge in [0.25, 0.3) is 5.91 Å². The number of para-hydroxylation sites is 1. The lowest BCUT2D eigenvalue weighted by molar-refractivity contribution is -0.185. The maximum atomic E-state index is 16.2. The first kappa shape index (κ1) is 29.9. The van der Waals surface area contributed by atoms with Crippen LogP contribution in [-0.4, -0.2) is 16.8 Å². The number of rotatable bonds is 5. The minimum Gasteiger partial charge on any atom is -0.506 e. The minimum absolute atomic E-state index is 0.0387. The van der Waals surface area contributed by atoms with Crippen molar-refractivity contribution in [3.63, 3.8) is 0 Å². The lowest BCUT2D eigenvalue weighted by atomic mass is 9.73.